The molecule has 1 atom stereocenters. The molecule has 1 heterocycles. The number of hydrogen-bond donors (Lipinski definition) is 0. The van der Waals surface area contributed by atoms with E-state index in [-0.39, 0.29) is 17.7 Å². The minimum Gasteiger partial charge on any atom is -0.335 e. The van der Waals surface area contributed by atoms with Crippen LogP contribution in [0.2, 0.25) is 0 Å². The van der Waals surface area contributed by atoms with Crippen molar-refractivity contribution in [2.75, 3.05) is 18.6 Å². The Bertz CT molecular complexity index is 334. The van der Waals surface area contributed by atoms with Gasteiger partial charge in [0.15, 0.2) is 0 Å². The molecule has 1 amide bonds. The highest BCUT2D eigenvalue weighted by Crippen LogP contribution is 2.18. The molecule has 0 saturated carbocycles. The molecule has 1 aliphatic rings. The van der Waals surface area contributed by atoms with E-state index in [1.54, 1.807) is 4.90 Å². The third-order valence-electron chi connectivity index (χ3n) is 2.33. The summed E-state index contributed by atoms with van der Waals surface area (Å²) in [4.78, 5) is 12.9. The van der Waals surface area contributed by atoms with Crippen LogP contribution < -0.4 is 0 Å². The third-order valence-corrected chi connectivity index (χ3v) is 3.32. The molecule has 0 aromatic carbocycles. The first-order valence-electron chi connectivity index (χ1n) is 4.55. The van der Waals surface area contributed by atoms with Gasteiger partial charge in [-0.15, -0.1) is 0 Å². The minimum absolute atomic E-state index is 0.0621. The summed E-state index contributed by atoms with van der Waals surface area (Å²) in [6, 6.07) is -0.157. The second-order valence-corrected chi connectivity index (χ2v) is 5.81. The fourth-order valence-corrected chi connectivity index (χ4v) is 2.81. The maximum absolute atomic E-state index is 11.3. The number of likely N-dealkylation sites (tertiary alicyclic amines) is 1. The van der Waals surface area contributed by atoms with Crippen LogP contribution in [-0.4, -0.2) is 43.8 Å². The van der Waals surface area contributed by atoms with Crippen LogP contribution in [-0.2, 0) is 14.6 Å². The summed E-state index contributed by atoms with van der Waals surface area (Å²) in [6.45, 7) is 4.04. The van der Waals surface area contributed by atoms with E-state index in [0.717, 1.165) is 12.8 Å². The lowest BCUT2D eigenvalue weighted by molar-refractivity contribution is -0.126. The van der Waals surface area contributed by atoms with Crippen LogP contribution in [0.15, 0.2) is 12.7 Å². The topological polar surface area (TPSA) is 54.5 Å². The molecule has 14 heavy (non-hydrogen) atoms. The van der Waals surface area contributed by atoms with E-state index in [1.807, 2.05) is 0 Å². The predicted molar refractivity (Wildman–Crippen MR) is 54.6 cm³/mol. The molecule has 4 nitrogen and oxygen atoms in total. The van der Waals surface area contributed by atoms with Crippen molar-refractivity contribution in [3.8, 4) is 0 Å². The zero-order valence-electron chi connectivity index (χ0n) is 8.27. The lowest BCUT2D eigenvalue weighted by atomic mass is 10.2. The average Bonchev–Trinajstić information content (AvgIpc) is 2.48. The number of amides is 1. The van der Waals surface area contributed by atoms with Gasteiger partial charge in [0.2, 0.25) is 5.91 Å². The van der Waals surface area contributed by atoms with Crippen molar-refractivity contribution < 1.29 is 13.2 Å². The summed E-state index contributed by atoms with van der Waals surface area (Å²) in [5.41, 5.74) is 0. The molecule has 0 bridgehead atoms. The van der Waals surface area contributed by atoms with Gasteiger partial charge >= 0.3 is 0 Å². The summed E-state index contributed by atoms with van der Waals surface area (Å²) in [5, 5.41) is 0. The standard InChI is InChI=1S/C9H15NO3S/c1-3-9(11)10-6-4-5-8(10)7-14(2,12)13/h3,8H,1,4-7H2,2H3/t8-/m1/s1. The molecule has 1 aliphatic heterocycles. The van der Waals surface area contributed by atoms with Crippen molar-refractivity contribution in [3.63, 3.8) is 0 Å². The molecular formula is C9H15NO3S. The predicted octanol–water partition coefficient (Wildman–Crippen LogP) is 0.208. The van der Waals surface area contributed by atoms with Crippen LogP contribution in [0.4, 0.5) is 0 Å². The summed E-state index contributed by atoms with van der Waals surface area (Å²) in [6.07, 6.45) is 4.08. The highest BCUT2D eigenvalue weighted by Gasteiger charge is 2.29. The van der Waals surface area contributed by atoms with E-state index in [9.17, 15) is 13.2 Å². The van der Waals surface area contributed by atoms with Crippen molar-refractivity contribution in [1.29, 1.82) is 0 Å². The Morgan fingerprint density at radius 1 is 1.64 bits per heavy atom. The van der Waals surface area contributed by atoms with Crippen LogP contribution in [0.5, 0.6) is 0 Å². The Morgan fingerprint density at radius 3 is 2.79 bits per heavy atom. The Kier molecular flexibility index (Phi) is 3.31. The molecule has 1 rings (SSSR count). The second kappa shape index (κ2) is 4.13. The van der Waals surface area contributed by atoms with E-state index >= 15 is 0 Å². The van der Waals surface area contributed by atoms with Gasteiger partial charge in [-0.2, -0.15) is 0 Å². The molecule has 5 heteroatoms. The van der Waals surface area contributed by atoms with E-state index < -0.39 is 9.84 Å². The van der Waals surface area contributed by atoms with Gasteiger partial charge in [0.25, 0.3) is 0 Å². The van der Waals surface area contributed by atoms with Gasteiger partial charge in [-0.05, 0) is 18.9 Å². The van der Waals surface area contributed by atoms with Crippen LogP contribution in [0, 0.1) is 0 Å². The first-order valence-corrected chi connectivity index (χ1v) is 6.61. The monoisotopic (exact) mass is 217 g/mol. The van der Waals surface area contributed by atoms with Gasteiger partial charge in [0.05, 0.1) is 5.75 Å². The SMILES string of the molecule is C=CC(=O)N1CCC[C@@H]1CS(C)(=O)=O. The highest BCUT2D eigenvalue weighted by molar-refractivity contribution is 7.90. The quantitative estimate of drug-likeness (QED) is 0.635. The number of hydrogen-bond acceptors (Lipinski definition) is 3. The lowest BCUT2D eigenvalue weighted by Crippen LogP contribution is -2.38. The first kappa shape index (κ1) is 11.2. The Morgan fingerprint density at radius 2 is 2.29 bits per heavy atom. The van der Waals surface area contributed by atoms with Crippen LogP contribution in [0.3, 0.4) is 0 Å². The number of carbonyl (C=O) groups is 1. The van der Waals surface area contributed by atoms with Gasteiger partial charge in [-0.1, -0.05) is 6.58 Å². The van der Waals surface area contributed by atoms with Crippen molar-refractivity contribution >= 4 is 15.7 Å². The largest absolute Gasteiger partial charge is 0.335 e. The summed E-state index contributed by atoms with van der Waals surface area (Å²) in [5.74, 6) is -0.108. The van der Waals surface area contributed by atoms with Gasteiger partial charge in [-0.3, -0.25) is 4.79 Å². The molecular weight excluding hydrogens is 202 g/mol. The smallest absolute Gasteiger partial charge is 0.246 e. The van der Waals surface area contributed by atoms with Crippen LogP contribution in [0.25, 0.3) is 0 Å². The van der Waals surface area contributed by atoms with Crippen molar-refractivity contribution in [1.82, 2.24) is 4.90 Å². The molecule has 80 valence electrons. The fraction of sp³-hybridized carbons (Fsp3) is 0.667. The Balaban J connectivity index is 2.69. The fourth-order valence-electron chi connectivity index (χ4n) is 1.77. The minimum atomic E-state index is -3.01. The first-order chi connectivity index (χ1) is 6.44. The van der Waals surface area contributed by atoms with E-state index in [2.05, 4.69) is 6.58 Å². The maximum atomic E-state index is 11.3. The van der Waals surface area contributed by atoms with Crippen LogP contribution >= 0.6 is 0 Å². The normalized spacial score (nSPS) is 22.4. The lowest BCUT2D eigenvalue weighted by Gasteiger charge is -2.22. The van der Waals surface area contributed by atoms with E-state index in [1.165, 1.54) is 12.3 Å². The zero-order chi connectivity index (χ0) is 10.8. The number of rotatable bonds is 3. The van der Waals surface area contributed by atoms with Gasteiger partial charge in [-0.25, -0.2) is 8.42 Å². The summed E-state index contributed by atoms with van der Waals surface area (Å²) >= 11 is 0. The molecule has 0 aliphatic carbocycles. The molecule has 0 radical (unpaired) electrons. The molecule has 1 saturated heterocycles. The van der Waals surface area contributed by atoms with Crippen molar-refractivity contribution in [2.24, 2.45) is 0 Å². The molecule has 0 spiro atoms. The van der Waals surface area contributed by atoms with Gasteiger partial charge in [0, 0.05) is 18.8 Å². The molecule has 0 unspecified atom stereocenters. The van der Waals surface area contributed by atoms with Gasteiger partial charge < -0.3 is 4.90 Å². The second-order valence-electron chi connectivity index (χ2n) is 3.62. The third kappa shape index (κ3) is 2.83. The highest BCUT2D eigenvalue weighted by atomic mass is 32.2. The van der Waals surface area contributed by atoms with Crippen molar-refractivity contribution in [3.05, 3.63) is 12.7 Å². The molecule has 0 aromatic heterocycles. The Labute approximate surface area is 84.5 Å². The zero-order valence-corrected chi connectivity index (χ0v) is 9.09. The van der Waals surface area contributed by atoms with Crippen molar-refractivity contribution in [2.45, 2.75) is 18.9 Å². The number of carbonyl (C=O) groups excluding carboxylic acids is 1. The Hall–Kier alpha value is -0.840. The average molecular weight is 217 g/mol. The van der Waals surface area contributed by atoms with E-state index in [4.69, 9.17) is 0 Å². The van der Waals surface area contributed by atoms with Crippen LogP contribution in [0.1, 0.15) is 12.8 Å². The number of nitrogens with zero attached hydrogens (tertiary/aromatic N) is 1. The summed E-state index contributed by atoms with van der Waals surface area (Å²) < 4.78 is 22.2. The summed E-state index contributed by atoms with van der Waals surface area (Å²) in [7, 11) is -3.01. The van der Waals surface area contributed by atoms with Gasteiger partial charge in [0.1, 0.15) is 9.84 Å². The molecule has 0 aromatic rings. The molecule has 1 fully saturated rings. The molecule has 0 N–H and O–H groups in total. The number of sulfone groups is 1. The maximum Gasteiger partial charge on any atom is 0.246 e. The van der Waals surface area contributed by atoms with E-state index in [0.29, 0.717) is 6.54 Å².